The molecule has 66 valence electrons. The quantitative estimate of drug-likeness (QED) is 0.518. The average Bonchev–Trinajstić information content (AvgIpc) is 2.02. The summed E-state index contributed by atoms with van der Waals surface area (Å²) in [6.07, 6.45) is 5.61. The van der Waals surface area contributed by atoms with Crippen molar-refractivity contribution < 1.29 is 0 Å². The van der Waals surface area contributed by atoms with Crippen LogP contribution in [0.3, 0.4) is 0 Å². The zero-order chi connectivity index (χ0) is 8.10. The monoisotopic (exact) mass is 174 g/mol. The van der Waals surface area contributed by atoms with Crippen molar-refractivity contribution in [3.05, 3.63) is 0 Å². The molecule has 1 aliphatic heterocycles. The van der Waals surface area contributed by atoms with E-state index in [9.17, 15) is 0 Å². The van der Waals surface area contributed by atoms with Gasteiger partial charge in [-0.15, -0.1) is 0 Å². The van der Waals surface area contributed by atoms with Gasteiger partial charge in [-0.1, -0.05) is 12.8 Å². The number of hydrogen-bond acceptors (Lipinski definition) is 2. The summed E-state index contributed by atoms with van der Waals surface area (Å²) >= 11 is 0. The van der Waals surface area contributed by atoms with Crippen LogP contribution >= 0.6 is 8.88 Å². The highest BCUT2D eigenvalue weighted by molar-refractivity contribution is 7.32. The Bertz CT molecular complexity index is 96.3. The number of rotatable bonds is 0. The summed E-state index contributed by atoms with van der Waals surface area (Å²) in [5, 5.41) is 0. The van der Waals surface area contributed by atoms with E-state index in [0.29, 0.717) is 0 Å². The van der Waals surface area contributed by atoms with E-state index in [1.807, 2.05) is 0 Å². The van der Waals surface area contributed by atoms with Crippen molar-refractivity contribution in [3.8, 4) is 0 Å². The largest absolute Gasteiger partial charge is 0.275 e. The fourth-order valence-corrected chi connectivity index (χ4v) is 2.54. The van der Waals surface area contributed by atoms with Crippen molar-refractivity contribution in [1.82, 2.24) is 9.34 Å². The van der Waals surface area contributed by atoms with Gasteiger partial charge in [0.1, 0.15) is 0 Å². The smallest absolute Gasteiger partial charge is 0.0234 e. The molecule has 0 atom stereocenters. The second-order valence-electron chi connectivity index (χ2n) is 3.36. The van der Waals surface area contributed by atoms with E-state index in [4.69, 9.17) is 0 Å². The van der Waals surface area contributed by atoms with E-state index in [1.54, 1.807) is 0 Å². The Morgan fingerprint density at radius 3 is 1.73 bits per heavy atom. The Labute approximate surface area is 71.8 Å². The van der Waals surface area contributed by atoms with Gasteiger partial charge in [0.2, 0.25) is 0 Å². The third-order valence-electron chi connectivity index (χ3n) is 2.08. The summed E-state index contributed by atoms with van der Waals surface area (Å²) in [5.41, 5.74) is 0. The van der Waals surface area contributed by atoms with E-state index >= 15 is 0 Å². The lowest BCUT2D eigenvalue weighted by Gasteiger charge is -2.22. The van der Waals surface area contributed by atoms with Crippen molar-refractivity contribution in [2.75, 3.05) is 27.2 Å². The van der Waals surface area contributed by atoms with Gasteiger partial charge in [0.05, 0.1) is 0 Å². The lowest BCUT2D eigenvalue weighted by molar-refractivity contribution is 0.489. The molecule has 0 radical (unpaired) electrons. The second kappa shape index (κ2) is 5.08. The van der Waals surface area contributed by atoms with Gasteiger partial charge in [0, 0.05) is 22.0 Å². The fourth-order valence-electron chi connectivity index (χ4n) is 1.44. The molecular formula is C8H19N2P. The number of hydrogen-bond donors (Lipinski definition) is 0. The Morgan fingerprint density at radius 1 is 0.818 bits per heavy atom. The van der Waals surface area contributed by atoms with E-state index in [-0.39, 0.29) is 0 Å². The van der Waals surface area contributed by atoms with Gasteiger partial charge in [0.25, 0.3) is 0 Å². The molecule has 2 nitrogen and oxygen atoms in total. The maximum atomic E-state index is 2.44. The second-order valence-corrected chi connectivity index (χ2v) is 5.08. The van der Waals surface area contributed by atoms with Crippen LogP contribution in [0.15, 0.2) is 0 Å². The molecule has 0 aliphatic carbocycles. The predicted octanol–water partition coefficient (Wildman–Crippen LogP) is 1.93. The summed E-state index contributed by atoms with van der Waals surface area (Å²) in [5.74, 6) is 0. The molecule has 0 amide bonds. The van der Waals surface area contributed by atoms with Gasteiger partial charge in [-0.25, -0.2) is 0 Å². The van der Waals surface area contributed by atoms with Crippen LogP contribution in [0, 0.1) is 0 Å². The SMILES string of the molecule is CN1CCCCCCN(C)P1. The van der Waals surface area contributed by atoms with Crippen LogP contribution in [0.25, 0.3) is 0 Å². The highest BCUT2D eigenvalue weighted by Crippen LogP contribution is 2.22. The van der Waals surface area contributed by atoms with Crippen LogP contribution in [0.1, 0.15) is 25.7 Å². The first-order valence-corrected chi connectivity index (χ1v) is 5.37. The minimum absolute atomic E-state index is 0.900. The Hall–Kier alpha value is 0.350. The lowest BCUT2D eigenvalue weighted by atomic mass is 10.2. The van der Waals surface area contributed by atoms with Crippen molar-refractivity contribution in [3.63, 3.8) is 0 Å². The van der Waals surface area contributed by atoms with E-state index in [1.165, 1.54) is 38.8 Å². The highest BCUT2D eigenvalue weighted by Gasteiger charge is 2.05. The third kappa shape index (κ3) is 4.05. The summed E-state index contributed by atoms with van der Waals surface area (Å²) in [6.45, 7) is 2.56. The third-order valence-corrected chi connectivity index (χ3v) is 3.21. The van der Waals surface area contributed by atoms with Crippen molar-refractivity contribution in [2.45, 2.75) is 25.7 Å². The molecule has 0 aromatic rings. The summed E-state index contributed by atoms with van der Waals surface area (Å²) in [7, 11) is 5.35. The molecule has 0 N–H and O–H groups in total. The molecule has 0 aromatic heterocycles. The van der Waals surface area contributed by atoms with Gasteiger partial charge in [-0.3, -0.25) is 9.34 Å². The zero-order valence-electron chi connectivity index (χ0n) is 7.64. The molecule has 1 heterocycles. The standard InChI is InChI=1S/C8H19N2P/c1-9-7-5-3-4-6-8-10(2)11-9/h11H,3-8H2,1-2H3. The molecule has 3 heteroatoms. The van der Waals surface area contributed by atoms with E-state index in [0.717, 1.165) is 8.88 Å². The Balaban J connectivity index is 2.27. The molecule has 1 rings (SSSR count). The van der Waals surface area contributed by atoms with Gasteiger partial charge < -0.3 is 0 Å². The van der Waals surface area contributed by atoms with E-state index < -0.39 is 0 Å². The van der Waals surface area contributed by atoms with E-state index in [2.05, 4.69) is 23.4 Å². The average molecular weight is 174 g/mol. The van der Waals surface area contributed by atoms with Crippen molar-refractivity contribution in [1.29, 1.82) is 0 Å². The lowest BCUT2D eigenvalue weighted by Crippen LogP contribution is -2.17. The summed E-state index contributed by atoms with van der Waals surface area (Å²) in [4.78, 5) is 0. The predicted molar refractivity (Wildman–Crippen MR) is 52.0 cm³/mol. The first kappa shape index (κ1) is 9.44. The topological polar surface area (TPSA) is 6.48 Å². The first-order chi connectivity index (χ1) is 5.29. The molecule has 11 heavy (non-hydrogen) atoms. The van der Waals surface area contributed by atoms with Crippen molar-refractivity contribution >= 4 is 8.88 Å². The fraction of sp³-hybridized carbons (Fsp3) is 1.00. The van der Waals surface area contributed by atoms with Crippen LogP contribution in [0.4, 0.5) is 0 Å². The van der Waals surface area contributed by atoms with Crippen molar-refractivity contribution in [2.24, 2.45) is 0 Å². The number of nitrogens with zero attached hydrogens (tertiary/aromatic N) is 2. The molecule has 0 bridgehead atoms. The Kier molecular flexibility index (Phi) is 4.36. The van der Waals surface area contributed by atoms with Crippen LogP contribution in [0.2, 0.25) is 0 Å². The zero-order valence-corrected chi connectivity index (χ0v) is 8.64. The van der Waals surface area contributed by atoms with Crippen LogP contribution in [-0.2, 0) is 0 Å². The minimum Gasteiger partial charge on any atom is -0.275 e. The molecule has 1 saturated heterocycles. The first-order valence-electron chi connectivity index (χ1n) is 4.47. The molecule has 1 aliphatic rings. The Morgan fingerprint density at radius 2 is 1.27 bits per heavy atom. The maximum absolute atomic E-state index is 2.44. The molecular weight excluding hydrogens is 155 g/mol. The minimum atomic E-state index is 0.900. The van der Waals surface area contributed by atoms with Crippen LogP contribution < -0.4 is 0 Å². The molecule has 0 unspecified atom stereocenters. The molecule has 0 saturated carbocycles. The van der Waals surface area contributed by atoms with Gasteiger partial charge in [-0.2, -0.15) is 0 Å². The maximum Gasteiger partial charge on any atom is 0.0234 e. The normalized spacial score (nSPS) is 25.6. The highest BCUT2D eigenvalue weighted by atomic mass is 31.1. The molecule has 1 fully saturated rings. The van der Waals surface area contributed by atoms with Gasteiger partial charge in [-0.05, 0) is 26.9 Å². The van der Waals surface area contributed by atoms with Gasteiger partial charge in [0.15, 0.2) is 0 Å². The summed E-state index contributed by atoms with van der Waals surface area (Å²) in [6, 6.07) is 0. The summed E-state index contributed by atoms with van der Waals surface area (Å²) < 4.78 is 4.87. The molecule has 0 spiro atoms. The van der Waals surface area contributed by atoms with Gasteiger partial charge >= 0.3 is 0 Å². The van der Waals surface area contributed by atoms with Crippen LogP contribution in [-0.4, -0.2) is 36.5 Å². The molecule has 0 aromatic carbocycles. The van der Waals surface area contributed by atoms with Crippen LogP contribution in [0.5, 0.6) is 0 Å².